The average Bonchev–Trinajstić information content (AvgIpc) is 3.14. The van der Waals surface area contributed by atoms with E-state index in [2.05, 4.69) is 12.2 Å². The zero-order valence-electron chi connectivity index (χ0n) is 12.2. The van der Waals surface area contributed by atoms with Crippen molar-refractivity contribution in [2.75, 3.05) is 13.7 Å². The zero-order valence-corrected chi connectivity index (χ0v) is 13.0. The van der Waals surface area contributed by atoms with Crippen LogP contribution in [0, 0.1) is 5.41 Å². The average molecular weight is 312 g/mol. The molecule has 1 aliphatic rings. The summed E-state index contributed by atoms with van der Waals surface area (Å²) in [5.74, 6) is -0.294. The lowest BCUT2D eigenvalue weighted by Gasteiger charge is -2.12. The van der Waals surface area contributed by atoms with Gasteiger partial charge in [0.1, 0.15) is 0 Å². The summed E-state index contributed by atoms with van der Waals surface area (Å²) >= 11 is 0. The highest BCUT2D eigenvalue weighted by molar-refractivity contribution is 7.89. The summed E-state index contributed by atoms with van der Waals surface area (Å²) < 4.78 is 28.2. The van der Waals surface area contributed by atoms with Crippen LogP contribution in [0.4, 0.5) is 0 Å². The lowest BCUT2D eigenvalue weighted by atomic mass is 10.1. The van der Waals surface area contributed by atoms with E-state index in [0.717, 1.165) is 12.8 Å². The molecule has 0 atom stereocenters. The quantitative estimate of drug-likeness (QED) is 0.819. The molecule has 6 nitrogen and oxygen atoms in total. The van der Waals surface area contributed by atoms with E-state index in [-0.39, 0.29) is 28.4 Å². The van der Waals surface area contributed by atoms with E-state index in [1.807, 2.05) is 0 Å². The van der Waals surface area contributed by atoms with E-state index in [1.165, 1.54) is 13.2 Å². The number of rotatable bonds is 6. The number of carbonyl (C=O) groups excluding carboxylic acids is 1. The molecule has 0 unspecified atom stereocenters. The van der Waals surface area contributed by atoms with Crippen molar-refractivity contribution in [1.29, 1.82) is 0 Å². The molecule has 1 fully saturated rings. The van der Waals surface area contributed by atoms with Gasteiger partial charge in [-0.25, -0.2) is 13.6 Å². The van der Waals surface area contributed by atoms with Gasteiger partial charge in [0, 0.05) is 19.2 Å². The zero-order chi connectivity index (χ0) is 15.7. The molecule has 0 bridgehead atoms. The van der Waals surface area contributed by atoms with Crippen molar-refractivity contribution >= 4 is 15.9 Å². The third-order valence-electron chi connectivity index (χ3n) is 3.71. The number of amides is 1. The van der Waals surface area contributed by atoms with Gasteiger partial charge in [-0.05, 0) is 36.0 Å². The third-order valence-corrected chi connectivity index (χ3v) is 4.71. The van der Waals surface area contributed by atoms with Crippen molar-refractivity contribution in [2.24, 2.45) is 10.6 Å². The van der Waals surface area contributed by atoms with Crippen molar-refractivity contribution in [3.8, 4) is 0 Å². The molecule has 3 N–H and O–H groups in total. The summed E-state index contributed by atoms with van der Waals surface area (Å²) in [6.07, 6.45) is 2.20. The van der Waals surface area contributed by atoms with Crippen LogP contribution in [0.3, 0.4) is 0 Å². The molecule has 1 aromatic rings. The number of hydrogen-bond acceptors (Lipinski definition) is 4. The molecule has 0 saturated heterocycles. The lowest BCUT2D eigenvalue weighted by molar-refractivity contribution is 0.0945. The second kappa shape index (κ2) is 5.75. The minimum Gasteiger partial charge on any atom is -0.380 e. The predicted molar refractivity (Wildman–Crippen MR) is 78.2 cm³/mol. The Kier molecular flexibility index (Phi) is 4.36. The van der Waals surface area contributed by atoms with Gasteiger partial charge in [0.2, 0.25) is 10.0 Å². The second-order valence-electron chi connectivity index (χ2n) is 5.79. The predicted octanol–water partition coefficient (Wildman–Crippen LogP) is 1.01. The molecule has 0 aliphatic heterocycles. The van der Waals surface area contributed by atoms with Crippen LogP contribution in [-0.4, -0.2) is 28.0 Å². The Morgan fingerprint density at radius 2 is 2.10 bits per heavy atom. The summed E-state index contributed by atoms with van der Waals surface area (Å²) in [7, 11) is -2.44. The number of carbonyl (C=O) groups is 1. The van der Waals surface area contributed by atoms with E-state index in [1.54, 1.807) is 12.1 Å². The molecule has 0 radical (unpaired) electrons. The highest BCUT2D eigenvalue weighted by Gasteiger charge is 2.37. The first-order valence-corrected chi connectivity index (χ1v) is 8.23. The van der Waals surface area contributed by atoms with Gasteiger partial charge in [0.15, 0.2) is 0 Å². The summed E-state index contributed by atoms with van der Waals surface area (Å²) in [4.78, 5) is 12.0. The van der Waals surface area contributed by atoms with Crippen molar-refractivity contribution in [3.63, 3.8) is 0 Å². The van der Waals surface area contributed by atoms with E-state index in [0.29, 0.717) is 12.1 Å². The number of methoxy groups -OCH3 is 1. The summed E-state index contributed by atoms with van der Waals surface area (Å²) in [6.45, 7) is 2.81. The van der Waals surface area contributed by atoms with Gasteiger partial charge in [0.25, 0.3) is 5.91 Å². The maximum Gasteiger partial charge on any atom is 0.251 e. The number of nitrogens with one attached hydrogen (secondary N) is 1. The Bertz CT molecular complexity index is 651. The highest BCUT2D eigenvalue weighted by atomic mass is 32.2. The molecular formula is C14H20N2O4S. The number of sulfonamides is 1. The van der Waals surface area contributed by atoms with Crippen LogP contribution in [0.1, 0.15) is 35.7 Å². The Morgan fingerprint density at radius 1 is 1.43 bits per heavy atom. The molecule has 1 aliphatic carbocycles. The highest BCUT2D eigenvalue weighted by Crippen LogP contribution is 2.44. The van der Waals surface area contributed by atoms with Crippen molar-refractivity contribution < 1.29 is 17.9 Å². The Hall–Kier alpha value is -1.44. The fraction of sp³-hybridized carbons (Fsp3) is 0.500. The molecule has 116 valence electrons. The van der Waals surface area contributed by atoms with E-state index in [9.17, 15) is 13.2 Å². The number of benzene rings is 1. The molecule has 0 aromatic heterocycles. The van der Waals surface area contributed by atoms with Crippen molar-refractivity contribution in [3.05, 3.63) is 29.3 Å². The monoisotopic (exact) mass is 312 g/mol. The second-order valence-corrected chi connectivity index (χ2v) is 7.32. The van der Waals surface area contributed by atoms with Crippen LogP contribution in [-0.2, 0) is 21.4 Å². The topological polar surface area (TPSA) is 98.5 Å². The Morgan fingerprint density at radius 3 is 2.62 bits per heavy atom. The van der Waals surface area contributed by atoms with Crippen LogP contribution in [0.2, 0.25) is 0 Å². The van der Waals surface area contributed by atoms with Crippen LogP contribution in [0.5, 0.6) is 0 Å². The summed E-state index contributed by atoms with van der Waals surface area (Å²) in [5, 5.41) is 8.02. The third kappa shape index (κ3) is 4.03. The minimum atomic E-state index is -3.90. The van der Waals surface area contributed by atoms with Gasteiger partial charge in [-0.2, -0.15) is 0 Å². The largest absolute Gasteiger partial charge is 0.380 e. The molecule has 1 aromatic carbocycles. The number of nitrogens with two attached hydrogens (primary N) is 1. The Labute approximate surface area is 124 Å². The van der Waals surface area contributed by atoms with Gasteiger partial charge in [-0.15, -0.1) is 0 Å². The molecule has 0 heterocycles. The van der Waals surface area contributed by atoms with Gasteiger partial charge in [0.05, 0.1) is 11.5 Å². The van der Waals surface area contributed by atoms with Crippen molar-refractivity contribution in [1.82, 2.24) is 5.32 Å². The molecule has 7 heteroatoms. The molecule has 2 rings (SSSR count). The molecule has 1 amide bonds. The van der Waals surface area contributed by atoms with Crippen molar-refractivity contribution in [2.45, 2.75) is 31.3 Å². The number of hydrogen-bond donors (Lipinski definition) is 2. The Balaban J connectivity index is 2.22. The first-order valence-electron chi connectivity index (χ1n) is 6.68. The van der Waals surface area contributed by atoms with Crippen LogP contribution < -0.4 is 10.5 Å². The fourth-order valence-corrected chi connectivity index (χ4v) is 2.80. The first kappa shape index (κ1) is 15.9. The minimum absolute atomic E-state index is 0.0744. The maximum absolute atomic E-state index is 12.1. The normalized spacial score (nSPS) is 16.5. The van der Waals surface area contributed by atoms with Gasteiger partial charge >= 0.3 is 0 Å². The fourth-order valence-electron chi connectivity index (χ4n) is 2.02. The summed E-state index contributed by atoms with van der Waals surface area (Å²) in [5.41, 5.74) is 0.905. The van der Waals surface area contributed by atoms with E-state index < -0.39 is 10.0 Å². The SMILES string of the molecule is COCc1ccc(C(=O)NCC2(C)CC2)cc1S(N)(=O)=O. The standard InChI is InChI=1S/C14H20N2O4S/c1-14(5-6-14)9-16-13(17)10-3-4-11(8-20-2)12(7-10)21(15,18)19/h3-4,7H,5-6,8-9H2,1-2H3,(H,16,17)(H2,15,18,19). The summed E-state index contributed by atoms with van der Waals surface area (Å²) in [6, 6.07) is 4.43. The lowest BCUT2D eigenvalue weighted by Crippen LogP contribution is -2.29. The molecule has 1 saturated carbocycles. The van der Waals surface area contributed by atoms with Crippen LogP contribution in [0.15, 0.2) is 23.1 Å². The van der Waals surface area contributed by atoms with E-state index in [4.69, 9.17) is 9.88 Å². The molecule has 0 spiro atoms. The van der Waals surface area contributed by atoms with Crippen LogP contribution in [0.25, 0.3) is 0 Å². The van der Waals surface area contributed by atoms with E-state index >= 15 is 0 Å². The molecular weight excluding hydrogens is 292 g/mol. The first-order chi connectivity index (χ1) is 9.75. The van der Waals surface area contributed by atoms with Gasteiger partial charge in [-0.3, -0.25) is 4.79 Å². The maximum atomic E-state index is 12.1. The van der Waals surface area contributed by atoms with Gasteiger partial charge < -0.3 is 10.1 Å². The number of primary sulfonamides is 1. The van der Waals surface area contributed by atoms with Gasteiger partial charge in [-0.1, -0.05) is 13.0 Å². The van der Waals surface area contributed by atoms with Crippen LogP contribution >= 0.6 is 0 Å². The smallest absolute Gasteiger partial charge is 0.251 e. The molecule has 21 heavy (non-hydrogen) atoms. The number of ether oxygens (including phenoxy) is 1.